The van der Waals surface area contributed by atoms with Gasteiger partial charge >= 0.3 is 12.0 Å². The number of carbonyl (C=O) groups excluding carboxylic acids is 2. The highest BCUT2D eigenvalue weighted by molar-refractivity contribution is 5.85. The molecule has 0 aliphatic carbocycles. The Morgan fingerprint density at radius 1 is 1.29 bits per heavy atom. The van der Waals surface area contributed by atoms with Crippen LogP contribution in [0.3, 0.4) is 0 Å². The van der Waals surface area contributed by atoms with E-state index in [4.69, 9.17) is 10.8 Å². The number of likely N-dealkylation sites (N-methyl/N-ethyl adjacent to an activating group) is 2. The quantitative estimate of drug-likeness (QED) is 0.513. The molecule has 1 atom stereocenters. The number of hydrogen-bond acceptors (Lipinski definition) is 5. The number of piperazine rings is 1. The van der Waals surface area contributed by atoms with Crippen LogP contribution in [0.5, 0.6) is 0 Å². The van der Waals surface area contributed by atoms with Gasteiger partial charge in [0, 0.05) is 32.2 Å². The zero-order valence-corrected chi connectivity index (χ0v) is 12.4. The number of carboxylic acids is 1. The number of carboxylic acid groups (broad SMARTS) is 1. The second-order valence-corrected chi connectivity index (χ2v) is 5.30. The first-order chi connectivity index (χ1) is 9.79. The predicted octanol–water partition coefficient (Wildman–Crippen LogP) is -2.19. The van der Waals surface area contributed by atoms with Gasteiger partial charge in [-0.15, -0.1) is 0 Å². The van der Waals surface area contributed by atoms with E-state index < -0.39 is 31.0 Å². The van der Waals surface area contributed by atoms with Gasteiger partial charge in [0.1, 0.15) is 13.1 Å². The summed E-state index contributed by atoms with van der Waals surface area (Å²) in [5, 5.41) is 11.4. The van der Waals surface area contributed by atoms with Crippen molar-refractivity contribution >= 4 is 17.9 Å². The van der Waals surface area contributed by atoms with Gasteiger partial charge in [-0.3, -0.25) is 14.5 Å². The maximum Gasteiger partial charge on any atom is 0.323 e. The molecule has 3 amide bonds. The highest BCUT2D eigenvalue weighted by Gasteiger charge is 2.24. The predicted molar refractivity (Wildman–Crippen MR) is 75.7 cm³/mol. The monoisotopic (exact) mass is 301 g/mol. The van der Waals surface area contributed by atoms with Crippen molar-refractivity contribution in [3.8, 4) is 0 Å². The van der Waals surface area contributed by atoms with Crippen molar-refractivity contribution < 1.29 is 19.5 Å². The van der Waals surface area contributed by atoms with Crippen LogP contribution in [-0.2, 0) is 9.59 Å². The van der Waals surface area contributed by atoms with Crippen molar-refractivity contribution in [2.75, 3.05) is 53.4 Å². The van der Waals surface area contributed by atoms with Gasteiger partial charge in [0.15, 0.2) is 0 Å². The van der Waals surface area contributed by atoms with Gasteiger partial charge in [-0.25, -0.2) is 4.79 Å². The summed E-state index contributed by atoms with van der Waals surface area (Å²) in [4.78, 5) is 38.7. The molecular formula is C12H23N5O4. The van der Waals surface area contributed by atoms with Gasteiger partial charge in [0.2, 0.25) is 5.91 Å². The molecule has 21 heavy (non-hydrogen) atoms. The first-order valence-electron chi connectivity index (χ1n) is 6.71. The molecule has 0 radical (unpaired) electrons. The van der Waals surface area contributed by atoms with Crippen LogP contribution in [0, 0.1) is 0 Å². The van der Waals surface area contributed by atoms with E-state index in [9.17, 15) is 14.4 Å². The third-order valence-corrected chi connectivity index (χ3v) is 3.43. The smallest absolute Gasteiger partial charge is 0.323 e. The fourth-order valence-electron chi connectivity index (χ4n) is 2.19. The van der Waals surface area contributed by atoms with Gasteiger partial charge in [0.25, 0.3) is 0 Å². The Balaban J connectivity index is 2.52. The summed E-state index contributed by atoms with van der Waals surface area (Å²) in [5.41, 5.74) is 5.02. The van der Waals surface area contributed by atoms with Crippen LogP contribution in [0.25, 0.3) is 0 Å². The molecule has 0 aromatic rings. The topological polar surface area (TPSA) is 119 Å². The molecule has 4 N–H and O–H groups in total. The van der Waals surface area contributed by atoms with E-state index >= 15 is 0 Å². The van der Waals surface area contributed by atoms with E-state index in [-0.39, 0.29) is 6.04 Å². The Morgan fingerprint density at radius 2 is 1.95 bits per heavy atom. The lowest BCUT2D eigenvalue weighted by molar-refractivity contribution is -0.137. The molecule has 1 fully saturated rings. The van der Waals surface area contributed by atoms with Crippen LogP contribution in [0.15, 0.2) is 0 Å². The molecule has 9 nitrogen and oxygen atoms in total. The van der Waals surface area contributed by atoms with E-state index in [0.29, 0.717) is 6.54 Å². The maximum atomic E-state index is 12.0. The molecule has 1 saturated heterocycles. The number of carbonyl (C=O) groups is 3. The minimum atomic E-state index is -1.19. The molecule has 0 aromatic carbocycles. The molecule has 1 rings (SSSR count). The van der Waals surface area contributed by atoms with E-state index in [0.717, 1.165) is 24.5 Å². The normalized spacial score (nSPS) is 20.0. The average Bonchev–Trinajstić information content (AvgIpc) is 2.37. The highest BCUT2D eigenvalue weighted by atomic mass is 16.4. The highest BCUT2D eigenvalue weighted by Crippen LogP contribution is 2.04. The van der Waals surface area contributed by atoms with Crippen molar-refractivity contribution in [3.05, 3.63) is 0 Å². The number of nitrogens with zero attached hydrogens (tertiary/aromatic N) is 3. The van der Waals surface area contributed by atoms with E-state index in [1.165, 1.54) is 0 Å². The standard InChI is InChI=1S/C12H23N5O4/c1-15-3-4-16(2)9(6-15)5-14-12(21)17(7-10(13)18)8-11(19)20/h9H,3-8H2,1-2H3,(H2,13,18)(H,14,21)(H,19,20). The fraction of sp³-hybridized carbons (Fsp3) is 0.750. The molecule has 1 aliphatic rings. The van der Waals surface area contributed by atoms with Crippen LogP contribution in [0.4, 0.5) is 4.79 Å². The molecule has 120 valence electrons. The largest absolute Gasteiger partial charge is 0.480 e. The number of hydrogen-bond donors (Lipinski definition) is 3. The number of primary amides is 1. The van der Waals surface area contributed by atoms with E-state index in [2.05, 4.69) is 15.1 Å². The Labute approximate surface area is 123 Å². The molecule has 1 aliphatic heterocycles. The Bertz CT molecular complexity index is 387. The second kappa shape index (κ2) is 7.79. The summed E-state index contributed by atoms with van der Waals surface area (Å²) < 4.78 is 0. The maximum absolute atomic E-state index is 12.0. The van der Waals surface area contributed by atoms with Crippen molar-refractivity contribution in [3.63, 3.8) is 0 Å². The lowest BCUT2D eigenvalue weighted by Gasteiger charge is -2.38. The number of aliphatic carboxylic acids is 1. The van der Waals surface area contributed by atoms with Crippen molar-refractivity contribution in [2.45, 2.75) is 6.04 Å². The van der Waals surface area contributed by atoms with Crippen LogP contribution >= 0.6 is 0 Å². The summed E-state index contributed by atoms with van der Waals surface area (Å²) in [6.07, 6.45) is 0. The fourth-order valence-corrected chi connectivity index (χ4v) is 2.19. The molecule has 0 saturated carbocycles. The Hall–Kier alpha value is -1.87. The zero-order chi connectivity index (χ0) is 16.0. The lowest BCUT2D eigenvalue weighted by Crippen LogP contribution is -2.56. The number of nitrogens with two attached hydrogens (primary N) is 1. The van der Waals surface area contributed by atoms with Gasteiger partial charge in [-0.05, 0) is 14.1 Å². The number of urea groups is 1. The van der Waals surface area contributed by atoms with Gasteiger partial charge < -0.3 is 26.0 Å². The number of rotatable bonds is 6. The van der Waals surface area contributed by atoms with Crippen LogP contribution in [0.2, 0.25) is 0 Å². The van der Waals surface area contributed by atoms with Gasteiger partial charge in [-0.2, -0.15) is 0 Å². The zero-order valence-electron chi connectivity index (χ0n) is 12.4. The summed E-state index contributed by atoms with van der Waals surface area (Å²) in [5.74, 6) is -1.94. The van der Waals surface area contributed by atoms with Crippen LogP contribution < -0.4 is 11.1 Å². The minimum absolute atomic E-state index is 0.146. The minimum Gasteiger partial charge on any atom is -0.480 e. The molecule has 1 unspecified atom stereocenters. The molecule has 9 heteroatoms. The van der Waals surface area contributed by atoms with Crippen LogP contribution in [-0.4, -0.2) is 97.1 Å². The Morgan fingerprint density at radius 3 is 2.52 bits per heavy atom. The second-order valence-electron chi connectivity index (χ2n) is 5.30. The summed E-state index contributed by atoms with van der Waals surface area (Å²) in [6.45, 7) is 2.08. The summed E-state index contributed by atoms with van der Waals surface area (Å²) in [7, 11) is 3.98. The van der Waals surface area contributed by atoms with Gasteiger partial charge in [0.05, 0.1) is 0 Å². The summed E-state index contributed by atoms with van der Waals surface area (Å²) >= 11 is 0. The average molecular weight is 301 g/mol. The summed E-state index contributed by atoms with van der Waals surface area (Å²) in [6, 6.07) is -0.453. The third-order valence-electron chi connectivity index (χ3n) is 3.43. The molecular weight excluding hydrogens is 278 g/mol. The molecule has 1 heterocycles. The molecule has 0 bridgehead atoms. The van der Waals surface area contributed by atoms with Crippen molar-refractivity contribution in [1.82, 2.24) is 20.0 Å². The van der Waals surface area contributed by atoms with E-state index in [1.807, 2.05) is 14.1 Å². The van der Waals surface area contributed by atoms with Crippen molar-refractivity contribution in [1.29, 1.82) is 0 Å². The first kappa shape index (κ1) is 17.2. The number of nitrogens with one attached hydrogen (secondary N) is 1. The number of amides is 3. The van der Waals surface area contributed by atoms with Gasteiger partial charge in [-0.1, -0.05) is 0 Å². The SMILES string of the molecule is CN1CCN(C)C(CNC(=O)N(CC(N)=O)CC(=O)O)C1. The lowest BCUT2D eigenvalue weighted by atomic mass is 10.2. The first-order valence-corrected chi connectivity index (χ1v) is 6.71. The van der Waals surface area contributed by atoms with Crippen LogP contribution in [0.1, 0.15) is 0 Å². The third kappa shape index (κ3) is 5.96. The molecule has 0 aromatic heterocycles. The molecule has 0 spiro atoms. The Kier molecular flexibility index (Phi) is 6.38. The van der Waals surface area contributed by atoms with E-state index in [1.54, 1.807) is 0 Å². The van der Waals surface area contributed by atoms with Crippen molar-refractivity contribution in [2.24, 2.45) is 5.73 Å².